The highest BCUT2D eigenvalue weighted by molar-refractivity contribution is 5.86. The molecule has 1 N–H and O–H groups in total. The molecule has 3 heterocycles. The predicted molar refractivity (Wildman–Crippen MR) is 113 cm³/mol. The standard InChI is InChI=1S/C22H26F3N5O3/c1-13-5-7-17(30(13)20(32)33-21(2,3)4)19(31)27-11-15-9-16(29-12-28-15)14-6-8-18(26-10-14)22(23,24)25/h6,8-10,12-13,17H,5,7,11H2,1-4H3,(H,27,31)/t13-,17+/m1/s1. The number of nitrogens with zero attached hydrogens (tertiary/aromatic N) is 4. The highest BCUT2D eigenvalue weighted by Gasteiger charge is 2.40. The summed E-state index contributed by atoms with van der Waals surface area (Å²) in [7, 11) is 0. The Labute approximate surface area is 189 Å². The Hall–Kier alpha value is -3.24. The Kier molecular flexibility index (Phi) is 6.89. The second-order valence-electron chi connectivity index (χ2n) is 8.87. The Morgan fingerprint density at radius 2 is 1.88 bits per heavy atom. The molecule has 0 aromatic carbocycles. The maximum atomic E-state index is 12.8. The van der Waals surface area contributed by atoms with Crippen molar-refractivity contribution in [3.63, 3.8) is 0 Å². The van der Waals surface area contributed by atoms with E-state index in [1.807, 2.05) is 6.92 Å². The van der Waals surface area contributed by atoms with Gasteiger partial charge in [0.05, 0.1) is 17.9 Å². The molecule has 0 spiro atoms. The molecule has 0 saturated carbocycles. The third-order valence-electron chi connectivity index (χ3n) is 5.09. The number of likely N-dealkylation sites (tertiary alicyclic amines) is 1. The van der Waals surface area contributed by atoms with Crippen molar-refractivity contribution in [2.45, 2.75) is 70.9 Å². The SMILES string of the molecule is C[C@@H]1CC[C@@H](C(=O)NCc2cc(-c3ccc(C(F)(F)F)nc3)ncn2)N1C(=O)OC(C)(C)C. The number of nitrogens with one attached hydrogen (secondary N) is 1. The van der Waals surface area contributed by atoms with Crippen LogP contribution in [0, 0.1) is 0 Å². The molecular formula is C22H26F3N5O3. The van der Waals surface area contributed by atoms with E-state index in [1.54, 1.807) is 26.8 Å². The fourth-order valence-corrected chi connectivity index (χ4v) is 3.52. The number of aromatic nitrogens is 3. The summed E-state index contributed by atoms with van der Waals surface area (Å²) in [6.07, 6.45) is -1.52. The first-order valence-electron chi connectivity index (χ1n) is 10.5. The van der Waals surface area contributed by atoms with Crippen molar-refractivity contribution < 1.29 is 27.5 Å². The number of hydrogen-bond acceptors (Lipinski definition) is 6. The van der Waals surface area contributed by atoms with Gasteiger partial charge in [-0.05, 0) is 58.7 Å². The van der Waals surface area contributed by atoms with E-state index in [0.717, 1.165) is 12.3 Å². The van der Waals surface area contributed by atoms with Crippen LogP contribution >= 0.6 is 0 Å². The quantitative estimate of drug-likeness (QED) is 0.734. The van der Waals surface area contributed by atoms with Crippen LogP contribution in [0.15, 0.2) is 30.7 Å². The maximum Gasteiger partial charge on any atom is 0.433 e. The molecular weight excluding hydrogens is 439 g/mol. The third-order valence-corrected chi connectivity index (χ3v) is 5.09. The van der Waals surface area contributed by atoms with E-state index < -0.39 is 29.6 Å². The normalized spacial score (nSPS) is 18.8. The van der Waals surface area contributed by atoms with Gasteiger partial charge in [0, 0.05) is 17.8 Å². The number of hydrogen-bond donors (Lipinski definition) is 1. The van der Waals surface area contributed by atoms with E-state index in [-0.39, 0.29) is 18.5 Å². The minimum absolute atomic E-state index is 0.0649. The minimum Gasteiger partial charge on any atom is -0.444 e. The monoisotopic (exact) mass is 465 g/mol. The molecule has 2 amide bonds. The maximum absolute atomic E-state index is 12.8. The Balaban J connectivity index is 1.66. The van der Waals surface area contributed by atoms with Crippen molar-refractivity contribution in [1.82, 2.24) is 25.2 Å². The minimum atomic E-state index is -4.52. The van der Waals surface area contributed by atoms with Crippen molar-refractivity contribution in [1.29, 1.82) is 0 Å². The summed E-state index contributed by atoms with van der Waals surface area (Å²) in [6.45, 7) is 7.22. The van der Waals surface area contributed by atoms with Gasteiger partial charge < -0.3 is 10.1 Å². The van der Waals surface area contributed by atoms with Crippen molar-refractivity contribution in [3.05, 3.63) is 42.1 Å². The van der Waals surface area contributed by atoms with Gasteiger partial charge in [0.1, 0.15) is 23.7 Å². The number of alkyl halides is 3. The zero-order valence-electron chi connectivity index (χ0n) is 18.8. The second-order valence-corrected chi connectivity index (χ2v) is 8.87. The van der Waals surface area contributed by atoms with Crippen LogP contribution in [0.4, 0.5) is 18.0 Å². The summed E-state index contributed by atoms with van der Waals surface area (Å²) < 4.78 is 43.6. The van der Waals surface area contributed by atoms with E-state index in [4.69, 9.17) is 4.74 Å². The Morgan fingerprint density at radius 3 is 2.48 bits per heavy atom. The topological polar surface area (TPSA) is 97.3 Å². The van der Waals surface area contributed by atoms with Crippen LogP contribution < -0.4 is 5.32 Å². The molecule has 2 aromatic heterocycles. The summed E-state index contributed by atoms with van der Waals surface area (Å²) in [5.41, 5.74) is -0.444. The van der Waals surface area contributed by atoms with Gasteiger partial charge in [-0.15, -0.1) is 0 Å². The van der Waals surface area contributed by atoms with Gasteiger partial charge in [-0.2, -0.15) is 13.2 Å². The number of halogens is 3. The van der Waals surface area contributed by atoms with Gasteiger partial charge in [-0.1, -0.05) is 0 Å². The van der Waals surface area contributed by atoms with E-state index in [0.29, 0.717) is 29.8 Å². The lowest BCUT2D eigenvalue weighted by Crippen LogP contribution is -2.49. The van der Waals surface area contributed by atoms with Gasteiger partial charge in [0.15, 0.2) is 0 Å². The summed E-state index contributed by atoms with van der Waals surface area (Å²) in [5.74, 6) is -0.332. The zero-order valence-corrected chi connectivity index (χ0v) is 18.8. The van der Waals surface area contributed by atoms with E-state index in [2.05, 4.69) is 20.3 Å². The molecule has 2 atom stereocenters. The summed E-state index contributed by atoms with van der Waals surface area (Å²) >= 11 is 0. The van der Waals surface area contributed by atoms with Gasteiger partial charge in [0.2, 0.25) is 5.91 Å². The summed E-state index contributed by atoms with van der Waals surface area (Å²) in [5, 5.41) is 2.77. The molecule has 0 radical (unpaired) electrons. The van der Waals surface area contributed by atoms with Crippen molar-refractivity contribution in [3.8, 4) is 11.3 Å². The van der Waals surface area contributed by atoms with E-state index in [9.17, 15) is 22.8 Å². The Morgan fingerprint density at radius 1 is 1.15 bits per heavy atom. The van der Waals surface area contributed by atoms with Gasteiger partial charge in [-0.25, -0.2) is 14.8 Å². The van der Waals surface area contributed by atoms with Gasteiger partial charge in [0.25, 0.3) is 0 Å². The molecule has 0 aliphatic carbocycles. The highest BCUT2D eigenvalue weighted by atomic mass is 19.4. The van der Waals surface area contributed by atoms with Crippen LogP contribution in [0.1, 0.15) is 51.9 Å². The molecule has 0 unspecified atom stereocenters. The van der Waals surface area contributed by atoms with Crippen LogP contribution in [-0.4, -0.2) is 49.5 Å². The molecule has 8 nitrogen and oxygen atoms in total. The fraction of sp³-hybridized carbons (Fsp3) is 0.500. The second kappa shape index (κ2) is 9.32. The van der Waals surface area contributed by atoms with Crippen LogP contribution in [0.5, 0.6) is 0 Å². The number of carbonyl (C=O) groups excluding carboxylic acids is 2. The molecule has 1 aliphatic heterocycles. The third kappa shape index (κ3) is 6.17. The average molecular weight is 465 g/mol. The number of amides is 2. The summed E-state index contributed by atoms with van der Waals surface area (Å²) in [6, 6.07) is 2.93. The molecule has 33 heavy (non-hydrogen) atoms. The van der Waals surface area contributed by atoms with Gasteiger partial charge >= 0.3 is 12.3 Å². The average Bonchev–Trinajstić information content (AvgIpc) is 3.12. The number of carbonyl (C=O) groups is 2. The van der Waals surface area contributed by atoms with Gasteiger partial charge in [-0.3, -0.25) is 14.7 Å². The lowest BCUT2D eigenvalue weighted by Gasteiger charge is -2.30. The summed E-state index contributed by atoms with van der Waals surface area (Å²) in [4.78, 5) is 38.5. The van der Waals surface area contributed by atoms with Crippen molar-refractivity contribution in [2.24, 2.45) is 0 Å². The highest BCUT2D eigenvalue weighted by Crippen LogP contribution is 2.29. The number of pyridine rings is 1. The molecule has 178 valence electrons. The first-order chi connectivity index (χ1) is 15.3. The van der Waals surface area contributed by atoms with Crippen LogP contribution in [0.3, 0.4) is 0 Å². The zero-order chi connectivity index (χ0) is 24.4. The molecule has 1 saturated heterocycles. The lowest BCUT2D eigenvalue weighted by molar-refractivity contribution is -0.141. The van der Waals surface area contributed by atoms with Crippen molar-refractivity contribution in [2.75, 3.05) is 0 Å². The molecule has 0 bridgehead atoms. The smallest absolute Gasteiger partial charge is 0.433 e. The van der Waals surface area contributed by atoms with Crippen LogP contribution in [-0.2, 0) is 22.3 Å². The van der Waals surface area contributed by atoms with Crippen LogP contribution in [0.2, 0.25) is 0 Å². The molecule has 2 aromatic rings. The number of rotatable bonds is 4. The largest absolute Gasteiger partial charge is 0.444 e. The molecule has 1 fully saturated rings. The Bertz CT molecular complexity index is 1010. The predicted octanol–water partition coefficient (Wildman–Crippen LogP) is 3.96. The van der Waals surface area contributed by atoms with Crippen LogP contribution in [0.25, 0.3) is 11.3 Å². The molecule has 11 heteroatoms. The first-order valence-corrected chi connectivity index (χ1v) is 10.5. The molecule has 1 aliphatic rings. The van der Waals surface area contributed by atoms with Crippen molar-refractivity contribution >= 4 is 12.0 Å². The van der Waals surface area contributed by atoms with E-state index >= 15 is 0 Å². The molecule has 3 rings (SSSR count). The first kappa shape index (κ1) is 24.4. The lowest BCUT2D eigenvalue weighted by atomic mass is 10.1. The number of ether oxygens (including phenoxy) is 1. The fourth-order valence-electron chi connectivity index (χ4n) is 3.52. The van der Waals surface area contributed by atoms with E-state index in [1.165, 1.54) is 17.3 Å².